The number of hydrogen-bond donors (Lipinski definition) is 2. The van der Waals surface area contributed by atoms with Gasteiger partial charge in [-0.1, -0.05) is 23.2 Å². The first-order valence-corrected chi connectivity index (χ1v) is 4.32. The Morgan fingerprint density at radius 2 is 2.00 bits per heavy atom. The summed E-state index contributed by atoms with van der Waals surface area (Å²) >= 11 is 11.1. The molecule has 0 aliphatic heterocycles. The summed E-state index contributed by atoms with van der Waals surface area (Å²) in [7, 11) is 0. The van der Waals surface area contributed by atoms with Crippen LogP contribution < -0.4 is 5.73 Å². The number of carbonyl (C=O) groups is 1. The zero-order chi connectivity index (χ0) is 10.9. The minimum atomic E-state index is -1.35. The molecule has 1 aromatic carbocycles. The van der Waals surface area contributed by atoms with E-state index in [-0.39, 0.29) is 15.6 Å². The van der Waals surface area contributed by atoms with Crippen LogP contribution in [0.5, 0.6) is 0 Å². The van der Waals surface area contributed by atoms with Gasteiger partial charge >= 0.3 is 5.97 Å². The molecule has 0 amide bonds. The molecule has 76 valence electrons. The van der Waals surface area contributed by atoms with E-state index in [4.69, 9.17) is 34.0 Å². The lowest BCUT2D eigenvalue weighted by molar-refractivity contribution is -0.138. The van der Waals surface area contributed by atoms with Gasteiger partial charge in [0.1, 0.15) is 11.9 Å². The van der Waals surface area contributed by atoms with Crippen molar-refractivity contribution in [3.05, 3.63) is 33.6 Å². The van der Waals surface area contributed by atoms with E-state index < -0.39 is 17.8 Å². The van der Waals surface area contributed by atoms with Crippen LogP contribution >= 0.6 is 23.2 Å². The van der Waals surface area contributed by atoms with Gasteiger partial charge in [-0.3, -0.25) is 4.79 Å². The average molecular weight is 238 g/mol. The highest BCUT2D eigenvalue weighted by Crippen LogP contribution is 2.27. The standard InChI is InChI=1S/C8H6Cl2FNO2/c9-4-2-5(10)6(11)1-3(4)7(12)8(13)14/h1-2,7H,12H2,(H,13,14)/t7-/m0/s1. The van der Waals surface area contributed by atoms with Gasteiger partial charge in [-0.05, 0) is 12.1 Å². The molecule has 6 heteroatoms. The monoisotopic (exact) mass is 237 g/mol. The number of nitrogens with two attached hydrogens (primary N) is 1. The summed E-state index contributed by atoms with van der Waals surface area (Å²) in [6, 6.07) is 0.689. The van der Waals surface area contributed by atoms with Gasteiger partial charge in [0.15, 0.2) is 0 Å². The number of carboxylic acids is 1. The number of aliphatic carboxylic acids is 1. The van der Waals surface area contributed by atoms with Gasteiger partial charge in [0, 0.05) is 10.6 Å². The van der Waals surface area contributed by atoms with Gasteiger partial charge in [-0.15, -0.1) is 0 Å². The maximum absolute atomic E-state index is 12.9. The van der Waals surface area contributed by atoms with Crippen LogP contribution in [-0.2, 0) is 4.79 Å². The van der Waals surface area contributed by atoms with Crippen LogP contribution in [0.1, 0.15) is 11.6 Å². The van der Waals surface area contributed by atoms with E-state index >= 15 is 0 Å². The molecule has 1 atom stereocenters. The van der Waals surface area contributed by atoms with Crippen molar-refractivity contribution in [2.75, 3.05) is 0 Å². The quantitative estimate of drug-likeness (QED) is 0.776. The van der Waals surface area contributed by atoms with Crippen LogP contribution in [-0.4, -0.2) is 11.1 Å². The maximum atomic E-state index is 12.9. The number of benzene rings is 1. The first-order chi connectivity index (χ1) is 6.43. The van der Waals surface area contributed by atoms with Crippen molar-refractivity contribution in [1.82, 2.24) is 0 Å². The lowest BCUT2D eigenvalue weighted by Crippen LogP contribution is -2.21. The third-order valence-corrected chi connectivity index (χ3v) is 2.26. The fourth-order valence-electron chi connectivity index (χ4n) is 0.909. The molecule has 0 radical (unpaired) electrons. The molecule has 0 aliphatic carbocycles. The molecule has 1 aromatic rings. The predicted molar refractivity (Wildman–Crippen MR) is 51.0 cm³/mol. The lowest BCUT2D eigenvalue weighted by Gasteiger charge is -2.09. The molecular weight excluding hydrogens is 232 g/mol. The molecule has 0 bridgehead atoms. The molecule has 0 unspecified atom stereocenters. The topological polar surface area (TPSA) is 63.3 Å². The Bertz CT molecular complexity index is 384. The van der Waals surface area contributed by atoms with E-state index in [0.717, 1.165) is 12.1 Å². The summed E-state index contributed by atoms with van der Waals surface area (Å²) in [5, 5.41) is 8.44. The van der Waals surface area contributed by atoms with Crippen molar-refractivity contribution in [1.29, 1.82) is 0 Å². The van der Waals surface area contributed by atoms with Crippen molar-refractivity contribution in [2.45, 2.75) is 6.04 Å². The van der Waals surface area contributed by atoms with Crippen LogP contribution in [0.15, 0.2) is 12.1 Å². The van der Waals surface area contributed by atoms with E-state index in [9.17, 15) is 9.18 Å². The third-order valence-electron chi connectivity index (χ3n) is 1.64. The number of hydrogen-bond acceptors (Lipinski definition) is 2. The first-order valence-electron chi connectivity index (χ1n) is 3.56. The van der Waals surface area contributed by atoms with Crippen molar-refractivity contribution < 1.29 is 14.3 Å². The van der Waals surface area contributed by atoms with Gasteiger partial charge < -0.3 is 10.8 Å². The van der Waals surface area contributed by atoms with E-state index in [1.54, 1.807) is 0 Å². The molecule has 0 saturated heterocycles. The summed E-state index contributed by atoms with van der Waals surface area (Å²) in [4.78, 5) is 10.5. The summed E-state index contributed by atoms with van der Waals surface area (Å²) in [5.74, 6) is -2.03. The van der Waals surface area contributed by atoms with Crippen LogP contribution in [0.2, 0.25) is 10.0 Å². The first kappa shape index (κ1) is 11.2. The van der Waals surface area contributed by atoms with Gasteiger partial charge in [0.2, 0.25) is 0 Å². The van der Waals surface area contributed by atoms with Crippen LogP contribution in [0, 0.1) is 5.82 Å². The van der Waals surface area contributed by atoms with E-state index in [2.05, 4.69) is 0 Å². The predicted octanol–water partition coefficient (Wildman–Crippen LogP) is 2.22. The zero-order valence-electron chi connectivity index (χ0n) is 6.80. The fourth-order valence-corrected chi connectivity index (χ4v) is 1.41. The molecule has 0 spiro atoms. The van der Waals surface area contributed by atoms with Gasteiger partial charge in [-0.25, -0.2) is 4.39 Å². The Balaban J connectivity index is 3.22. The maximum Gasteiger partial charge on any atom is 0.325 e. The number of carboxylic acid groups (broad SMARTS) is 1. The summed E-state index contributed by atoms with van der Waals surface area (Å²) < 4.78 is 12.9. The Morgan fingerprint density at radius 1 is 1.43 bits per heavy atom. The molecular formula is C8H6Cl2FNO2. The fraction of sp³-hybridized carbons (Fsp3) is 0.125. The Labute approximate surface area is 89.2 Å². The van der Waals surface area contributed by atoms with Crippen LogP contribution in [0.25, 0.3) is 0 Å². The van der Waals surface area contributed by atoms with E-state index in [0.29, 0.717) is 0 Å². The Hall–Kier alpha value is -0.840. The van der Waals surface area contributed by atoms with Crippen molar-refractivity contribution in [2.24, 2.45) is 5.73 Å². The molecule has 3 nitrogen and oxygen atoms in total. The summed E-state index contributed by atoms with van der Waals surface area (Å²) in [6.45, 7) is 0. The van der Waals surface area contributed by atoms with E-state index in [1.807, 2.05) is 0 Å². The largest absolute Gasteiger partial charge is 0.480 e. The highest BCUT2D eigenvalue weighted by Gasteiger charge is 2.19. The molecule has 0 saturated carbocycles. The summed E-state index contributed by atoms with van der Waals surface area (Å²) in [6.07, 6.45) is 0. The normalized spacial score (nSPS) is 12.6. The van der Waals surface area contributed by atoms with Crippen LogP contribution in [0.3, 0.4) is 0 Å². The highest BCUT2D eigenvalue weighted by atomic mass is 35.5. The molecule has 0 heterocycles. The summed E-state index contributed by atoms with van der Waals surface area (Å²) in [5.41, 5.74) is 5.26. The van der Waals surface area contributed by atoms with Crippen molar-refractivity contribution in [3.63, 3.8) is 0 Å². The molecule has 0 aromatic heterocycles. The molecule has 0 fully saturated rings. The molecule has 1 rings (SSSR count). The molecule has 0 aliphatic rings. The second-order valence-electron chi connectivity index (χ2n) is 2.60. The average Bonchev–Trinajstić information content (AvgIpc) is 2.10. The smallest absolute Gasteiger partial charge is 0.325 e. The minimum Gasteiger partial charge on any atom is -0.480 e. The van der Waals surface area contributed by atoms with Crippen molar-refractivity contribution in [3.8, 4) is 0 Å². The minimum absolute atomic E-state index is 0.000988. The SMILES string of the molecule is N[C@H](C(=O)O)c1cc(F)c(Cl)cc1Cl. The van der Waals surface area contributed by atoms with Gasteiger partial charge in [-0.2, -0.15) is 0 Å². The lowest BCUT2D eigenvalue weighted by atomic mass is 10.1. The van der Waals surface area contributed by atoms with Crippen molar-refractivity contribution >= 4 is 29.2 Å². The number of rotatable bonds is 2. The molecule has 3 N–H and O–H groups in total. The highest BCUT2D eigenvalue weighted by molar-refractivity contribution is 6.35. The second kappa shape index (κ2) is 4.13. The Morgan fingerprint density at radius 3 is 2.50 bits per heavy atom. The van der Waals surface area contributed by atoms with Gasteiger partial charge in [0.05, 0.1) is 5.02 Å². The Kier molecular flexibility index (Phi) is 3.31. The van der Waals surface area contributed by atoms with E-state index in [1.165, 1.54) is 0 Å². The molecule has 14 heavy (non-hydrogen) atoms. The van der Waals surface area contributed by atoms with Gasteiger partial charge in [0.25, 0.3) is 0 Å². The number of halogens is 3. The van der Waals surface area contributed by atoms with Crippen LogP contribution in [0.4, 0.5) is 4.39 Å². The second-order valence-corrected chi connectivity index (χ2v) is 3.42. The third kappa shape index (κ3) is 2.15. The zero-order valence-corrected chi connectivity index (χ0v) is 8.31.